The molecule has 0 aromatic heterocycles. The summed E-state index contributed by atoms with van der Waals surface area (Å²) in [6.45, 7) is 1.88. The molecule has 0 aliphatic rings. The summed E-state index contributed by atoms with van der Waals surface area (Å²) in [7, 11) is 0. The molecule has 0 bridgehead atoms. The van der Waals surface area contributed by atoms with Crippen LogP contribution in [0.4, 0.5) is 0 Å². The number of benzene rings is 2. The van der Waals surface area contributed by atoms with Crippen LogP contribution in [-0.2, 0) is 13.0 Å². The average Bonchev–Trinajstić information content (AvgIpc) is 2.46. The van der Waals surface area contributed by atoms with E-state index in [0.717, 1.165) is 25.9 Å². The first-order valence-electron chi connectivity index (χ1n) is 6.89. The fraction of sp³-hybridized carbons (Fsp3) is 0.294. The molecule has 0 saturated heterocycles. The quantitative estimate of drug-likeness (QED) is 0.746. The van der Waals surface area contributed by atoms with Gasteiger partial charge in [-0.25, -0.2) is 0 Å². The van der Waals surface area contributed by atoms with E-state index in [1.807, 2.05) is 12.1 Å². The number of nitrogens with one attached hydrogen (secondary N) is 1. The Balaban J connectivity index is 1.63. The van der Waals surface area contributed by atoms with Crippen LogP contribution in [0.2, 0.25) is 0 Å². The van der Waals surface area contributed by atoms with Gasteiger partial charge in [0.2, 0.25) is 0 Å². The van der Waals surface area contributed by atoms with Crippen LogP contribution in [0.15, 0.2) is 60.7 Å². The van der Waals surface area contributed by atoms with E-state index in [9.17, 15) is 0 Å². The van der Waals surface area contributed by atoms with E-state index >= 15 is 0 Å². The molecule has 100 valence electrons. The van der Waals surface area contributed by atoms with E-state index < -0.39 is 0 Å². The third kappa shape index (κ3) is 5.25. The lowest BCUT2D eigenvalue weighted by Crippen LogP contribution is -2.28. The van der Waals surface area contributed by atoms with E-state index in [0.29, 0.717) is 0 Å². The normalized spacial score (nSPS) is 12.3. The van der Waals surface area contributed by atoms with Crippen LogP contribution in [0.1, 0.15) is 17.5 Å². The van der Waals surface area contributed by atoms with Crippen LogP contribution in [0.25, 0.3) is 0 Å². The van der Waals surface area contributed by atoms with Crippen LogP contribution >= 0.6 is 0 Å². The average molecular weight is 254 g/mol. The number of hydrogen-bond donors (Lipinski definition) is 2. The lowest BCUT2D eigenvalue weighted by atomic mass is 10.0. The first-order chi connectivity index (χ1) is 9.34. The summed E-state index contributed by atoms with van der Waals surface area (Å²) in [5.41, 5.74) is 8.78. The lowest BCUT2D eigenvalue weighted by molar-refractivity contribution is 0.558. The highest BCUT2D eigenvalue weighted by atomic mass is 14.9. The second kappa shape index (κ2) is 7.72. The summed E-state index contributed by atoms with van der Waals surface area (Å²) in [6, 6.07) is 21.1. The standard InChI is InChI=1S/C17H22N2/c18-17(13-15-7-3-1-4-8-15)11-12-19-14-16-9-5-2-6-10-16/h1-10,17,19H,11-14,18H2. The van der Waals surface area contributed by atoms with Crippen molar-refractivity contribution in [3.8, 4) is 0 Å². The summed E-state index contributed by atoms with van der Waals surface area (Å²) < 4.78 is 0. The maximum absolute atomic E-state index is 6.15. The van der Waals surface area contributed by atoms with Gasteiger partial charge >= 0.3 is 0 Å². The minimum Gasteiger partial charge on any atom is -0.327 e. The fourth-order valence-corrected chi connectivity index (χ4v) is 2.13. The Morgan fingerprint density at radius 2 is 1.42 bits per heavy atom. The molecular weight excluding hydrogens is 232 g/mol. The highest BCUT2D eigenvalue weighted by Gasteiger charge is 2.03. The molecule has 0 amide bonds. The maximum Gasteiger partial charge on any atom is 0.0205 e. The second-order valence-electron chi connectivity index (χ2n) is 4.90. The van der Waals surface area contributed by atoms with E-state index in [1.54, 1.807) is 0 Å². The molecule has 2 aromatic rings. The SMILES string of the molecule is NC(CCNCc1ccccc1)Cc1ccccc1. The number of hydrogen-bond acceptors (Lipinski definition) is 2. The smallest absolute Gasteiger partial charge is 0.0205 e. The van der Waals surface area contributed by atoms with Crippen molar-refractivity contribution < 1.29 is 0 Å². The summed E-state index contributed by atoms with van der Waals surface area (Å²) >= 11 is 0. The maximum atomic E-state index is 6.15. The predicted octanol–water partition coefficient (Wildman–Crippen LogP) is 2.74. The van der Waals surface area contributed by atoms with Gasteiger partial charge in [-0.3, -0.25) is 0 Å². The zero-order valence-electron chi connectivity index (χ0n) is 11.3. The Morgan fingerprint density at radius 1 is 0.842 bits per heavy atom. The van der Waals surface area contributed by atoms with Crippen molar-refractivity contribution in [1.82, 2.24) is 5.32 Å². The van der Waals surface area contributed by atoms with Crippen molar-refractivity contribution in [3.63, 3.8) is 0 Å². The minimum absolute atomic E-state index is 0.227. The molecule has 1 atom stereocenters. The van der Waals surface area contributed by atoms with Crippen molar-refractivity contribution in [1.29, 1.82) is 0 Å². The van der Waals surface area contributed by atoms with E-state index in [4.69, 9.17) is 5.73 Å². The van der Waals surface area contributed by atoms with Crippen LogP contribution in [-0.4, -0.2) is 12.6 Å². The Morgan fingerprint density at radius 3 is 2.05 bits per heavy atom. The zero-order chi connectivity index (χ0) is 13.3. The van der Waals surface area contributed by atoms with Gasteiger partial charge in [0.15, 0.2) is 0 Å². The molecule has 2 nitrogen and oxygen atoms in total. The molecule has 0 radical (unpaired) electrons. The van der Waals surface area contributed by atoms with Crippen LogP contribution in [0.3, 0.4) is 0 Å². The molecule has 0 aliphatic carbocycles. The molecule has 19 heavy (non-hydrogen) atoms. The minimum atomic E-state index is 0.227. The highest BCUT2D eigenvalue weighted by Crippen LogP contribution is 2.04. The third-order valence-corrected chi connectivity index (χ3v) is 3.20. The highest BCUT2D eigenvalue weighted by molar-refractivity contribution is 5.16. The van der Waals surface area contributed by atoms with Crippen LogP contribution in [0.5, 0.6) is 0 Å². The van der Waals surface area contributed by atoms with Crippen molar-refractivity contribution >= 4 is 0 Å². The van der Waals surface area contributed by atoms with Crippen molar-refractivity contribution in [2.75, 3.05) is 6.54 Å². The molecule has 1 unspecified atom stereocenters. The Hall–Kier alpha value is -1.64. The van der Waals surface area contributed by atoms with Gasteiger partial charge in [0.1, 0.15) is 0 Å². The first-order valence-corrected chi connectivity index (χ1v) is 6.89. The number of nitrogens with two attached hydrogens (primary N) is 1. The second-order valence-corrected chi connectivity index (χ2v) is 4.90. The summed E-state index contributed by atoms with van der Waals surface area (Å²) in [6.07, 6.45) is 1.95. The fourth-order valence-electron chi connectivity index (χ4n) is 2.13. The summed E-state index contributed by atoms with van der Waals surface area (Å²) in [4.78, 5) is 0. The van der Waals surface area contributed by atoms with Gasteiger partial charge in [0.25, 0.3) is 0 Å². The Kier molecular flexibility index (Phi) is 5.60. The molecule has 0 heterocycles. The van der Waals surface area contributed by atoms with Crippen molar-refractivity contribution in [2.45, 2.75) is 25.4 Å². The predicted molar refractivity (Wildman–Crippen MR) is 80.9 cm³/mol. The molecule has 0 spiro atoms. The Bertz CT molecular complexity index is 453. The molecular formula is C17H22N2. The zero-order valence-corrected chi connectivity index (χ0v) is 11.3. The molecule has 2 aromatic carbocycles. The van der Waals surface area contributed by atoms with Gasteiger partial charge in [-0.2, -0.15) is 0 Å². The summed E-state index contributed by atoms with van der Waals surface area (Å²) in [5.74, 6) is 0. The van der Waals surface area contributed by atoms with E-state index in [1.165, 1.54) is 11.1 Å². The first kappa shape index (κ1) is 13.8. The van der Waals surface area contributed by atoms with Gasteiger partial charge in [-0.1, -0.05) is 60.7 Å². The van der Waals surface area contributed by atoms with Crippen LogP contribution < -0.4 is 11.1 Å². The van der Waals surface area contributed by atoms with Gasteiger partial charge < -0.3 is 11.1 Å². The van der Waals surface area contributed by atoms with Crippen molar-refractivity contribution in [3.05, 3.63) is 71.8 Å². The molecule has 2 heteroatoms. The van der Waals surface area contributed by atoms with Gasteiger partial charge in [0, 0.05) is 12.6 Å². The lowest BCUT2D eigenvalue weighted by Gasteiger charge is -2.12. The molecule has 0 saturated carbocycles. The van der Waals surface area contributed by atoms with Crippen molar-refractivity contribution in [2.24, 2.45) is 5.73 Å². The van der Waals surface area contributed by atoms with E-state index in [-0.39, 0.29) is 6.04 Å². The molecule has 0 fully saturated rings. The summed E-state index contributed by atoms with van der Waals surface area (Å²) in [5, 5.41) is 3.44. The topological polar surface area (TPSA) is 38.0 Å². The van der Waals surface area contributed by atoms with Gasteiger partial charge in [-0.15, -0.1) is 0 Å². The largest absolute Gasteiger partial charge is 0.327 e. The van der Waals surface area contributed by atoms with Crippen LogP contribution in [0, 0.1) is 0 Å². The Labute approximate surface area is 115 Å². The third-order valence-electron chi connectivity index (χ3n) is 3.20. The van der Waals surface area contributed by atoms with Gasteiger partial charge in [0.05, 0.1) is 0 Å². The van der Waals surface area contributed by atoms with E-state index in [2.05, 4.69) is 53.8 Å². The number of rotatable bonds is 7. The monoisotopic (exact) mass is 254 g/mol. The molecule has 2 rings (SSSR count). The molecule has 0 aliphatic heterocycles. The molecule has 3 N–H and O–H groups in total. The van der Waals surface area contributed by atoms with Gasteiger partial charge in [-0.05, 0) is 30.5 Å².